The summed E-state index contributed by atoms with van der Waals surface area (Å²) in [5.41, 5.74) is 0.391. The van der Waals surface area contributed by atoms with E-state index in [0.717, 1.165) is 11.8 Å². The molecule has 0 bridgehead atoms. The van der Waals surface area contributed by atoms with Crippen molar-refractivity contribution in [2.75, 3.05) is 0 Å². The van der Waals surface area contributed by atoms with Crippen molar-refractivity contribution in [3.8, 4) is 0 Å². The molecule has 0 aromatic carbocycles. The van der Waals surface area contributed by atoms with E-state index in [4.69, 9.17) is 4.74 Å². The molecule has 0 aromatic rings. The fourth-order valence-electron chi connectivity index (χ4n) is 2.62. The standard InChI is InChI=1S/C13H26O/c1-7-11-9(2)10(3)14-12(11)8-13(4,5)6/h9-12H,7-8H2,1-6H3/t9-,10+,11?,12-/m1/s1. The molecule has 1 fully saturated rings. The molecule has 0 aliphatic carbocycles. The van der Waals surface area contributed by atoms with E-state index >= 15 is 0 Å². The molecule has 1 nitrogen and oxygen atoms in total. The van der Waals surface area contributed by atoms with Gasteiger partial charge in [-0.1, -0.05) is 41.0 Å². The Kier molecular flexibility index (Phi) is 3.63. The smallest absolute Gasteiger partial charge is 0.0615 e. The summed E-state index contributed by atoms with van der Waals surface area (Å²) < 4.78 is 6.05. The van der Waals surface area contributed by atoms with Crippen LogP contribution in [0.1, 0.15) is 54.4 Å². The van der Waals surface area contributed by atoms with E-state index in [1.165, 1.54) is 12.8 Å². The number of hydrogen-bond acceptors (Lipinski definition) is 1. The molecule has 0 spiro atoms. The van der Waals surface area contributed by atoms with Gasteiger partial charge in [-0.2, -0.15) is 0 Å². The topological polar surface area (TPSA) is 9.23 Å². The molecular weight excluding hydrogens is 172 g/mol. The maximum absolute atomic E-state index is 6.05. The quantitative estimate of drug-likeness (QED) is 0.654. The van der Waals surface area contributed by atoms with Crippen molar-refractivity contribution in [3.05, 3.63) is 0 Å². The van der Waals surface area contributed by atoms with Gasteiger partial charge in [0.25, 0.3) is 0 Å². The Balaban J connectivity index is 2.61. The average Bonchev–Trinajstić information content (AvgIpc) is 2.24. The Morgan fingerprint density at radius 2 is 1.71 bits per heavy atom. The van der Waals surface area contributed by atoms with Crippen molar-refractivity contribution in [2.45, 2.75) is 66.6 Å². The minimum absolute atomic E-state index is 0.391. The average molecular weight is 198 g/mol. The molecule has 14 heavy (non-hydrogen) atoms. The third-order valence-electron chi connectivity index (χ3n) is 3.57. The second-order valence-corrected chi connectivity index (χ2v) is 6.08. The van der Waals surface area contributed by atoms with Gasteiger partial charge < -0.3 is 4.74 Å². The molecule has 0 N–H and O–H groups in total. The van der Waals surface area contributed by atoms with Crippen LogP contribution >= 0.6 is 0 Å². The van der Waals surface area contributed by atoms with Gasteiger partial charge in [-0.25, -0.2) is 0 Å². The minimum Gasteiger partial charge on any atom is -0.375 e. The molecule has 1 heterocycles. The molecule has 84 valence electrons. The highest BCUT2D eigenvalue weighted by molar-refractivity contribution is 4.87. The summed E-state index contributed by atoms with van der Waals surface area (Å²) >= 11 is 0. The Bertz CT molecular complexity index is 180. The number of ether oxygens (including phenoxy) is 1. The molecule has 0 saturated carbocycles. The maximum atomic E-state index is 6.05. The summed E-state index contributed by atoms with van der Waals surface area (Å²) in [6.07, 6.45) is 3.39. The van der Waals surface area contributed by atoms with Crippen molar-refractivity contribution in [1.82, 2.24) is 0 Å². The van der Waals surface area contributed by atoms with Gasteiger partial charge in [0.2, 0.25) is 0 Å². The van der Waals surface area contributed by atoms with E-state index in [1.54, 1.807) is 0 Å². The van der Waals surface area contributed by atoms with Crippen molar-refractivity contribution >= 4 is 0 Å². The van der Waals surface area contributed by atoms with E-state index < -0.39 is 0 Å². The SMILES string of the molecule is CCC1[C@@H](CC(C)(C)C)O[C@@H](C)[C@H]1C. The molecule has 1 aliphatic heterocycles. The summed E-state index contributed by atoms with van der Waals surface area (Å²) in [6, 6.07) is 0. The second kappa shape index (κ2) is 4.22. The normalized spacial score (nSPS) is 39.0. The van der Waals surface area contributed by atoms with Crippen molar-refractivity contribution in [2.24, 2.45) is 17.3 Å². The highest BCUT2D eigenvalue weighted by Crippen LogP contribution is 2.39. The zero-order chi connectivity index (χ0) is 10.9. The van der Waals surface area contributed by atoms with E-state index in [9.17, 15) is 0 Å². The zero-order valence-electron chi connectivity index (χ0n) is 10.6. The highest BCUT2D eigenvalue weighted by atomic mass is 16.5. The van der Waals surface area contributed by atoms with Gasteiger partial charge in [0.05, 0.1) is 12.2 Å². The minimum atomic E-state index is 0.391. The fraction of sp³-hybridized carbons (Fsp3) is 1.00. The van der Waals surface area contributed by atoms with Crippen molar-refractivity contribution in [1.29, 1.82) is 0 Å². The van der Waals surface area contributed by atoms with Crippen LogP contribution in [0.25, 0.3) is 0 Å². The zero-order valence-corrected chi connectivity index (χ0v) is 10.6. The molecule has 0 radical (unpaired) electrons. The van der Waals surface area contributed by atoms with E-state index in [1.807, 2.05) is 0 Å². The molecule has 4 atom stereocenters. The number of rotatable bonds is 2. The first-order valence-corrected chi connectivity index (χ1v) is 6.00. The van der Waals surface area contributed by atoms with Gasteiger partial charge >= 0.3 is 0 Å². The van der Waals surface area contributed by atoms with E-state index in [0.29, 0.717) is 17.6 Å². The predicted octanol–water partition coefficient (Wildman–Crippen LogP) is 3.87. The monoisotopic (exact) mass is 198 g/mol. The van der Waals surface area contributed by atoms with Crippen molar-refractivity contribution in [3.63, 3.8) is 0 Å². The Hall–Kier alpha value is -0.0400. The Labute approximate surface area is 89.2 Å². The molecule has 1 rings (SSSR count). The molecule has 1 unspecified atom stereocenters. The van der Waals surface area contributed by atoms with Gasteiger partial charge in [0.15, 0.2) is 0 Å². The van der Waals surface area contributed by atoms with Crippen LogP contribution in [0.5, 0.6) is 0 Å². The van der Waals surface area contributed by atoms with Crippen LogP contribution in [0.15, 0.2) is 0 Å². The van der Waals surface area contributed by atoms with Crippen LogP contribution in [-0.4, -0.2) is 12.2 Å². The van der Waals surface area contributed by atoms with Crippen LogP contribution in [0.2, 0.25) is 0 Å². The molecule has 0 aromatic heterocycles. The van der Waals surface area contributed by atoms with Gasteiger partial charge in [-0.15, -0.1) is 0 Å². The predicted molar refractivity (Wildman–Crippen MR) is 61.4 cm³/mol. The Morgan fingerprint density at radius 3 is 2.14 bits per heavy atom. The fourth-order valence-corrected chi connectivity index (χ4v) is 2.62. The molecular formula is C13H26O. The third kappa shape index (κ3) is 2.73. The summed E-state index contributed by atoms with van der Waals surface area (Å²) in [5, 5.41) is 0. The molecule has 1 heteroatoms. The van der Waals surface area contributed by atoms with Crippen LogP contribution in [0.3, 0.4) is 0 Å². The molecule has 1 aliphatic rings. The number of hydrogen-bond donors (Lipinski definition) is 0. The lowest BCUT2D eigenvalue weighted by Crippen LogP contribution is -2.24. The molecule has 0 amide bonds. The van der Waals surface area contributed by atoms with Gasteiger partial charge in [0.1, 0.15) is 0 Å². The van der Waals surface area contributed by atoms with E-state index in [2.05, 4.69) is 41.5 Å². The Morgan fingerprint density at radius 1 is 1.14 bits per heavy atom. The largest absolute Gasteiger partial charge is 0.375 e. The summed E-state index contributed by atoms with van der Waals surface area (Å²) in [7, 11) is 0. The van der Waals surface area contributed by atoms with Crippen LogP contribution in [-0.2, 0) is 4.74 Å². The van der Waals surface area contributed by atoms with Gasteiger partial charge in [0, 0.05) is 0 Å². The first-order chi connectivity index (χ1) is 6.35. The first kappa shape index (κ1) is 12.0. The van der Waals surface area contributed by atoms with Gasteiger partial charge in [-0.3, -0.25) is 0 Å². The summed E-state index contributed by atoms with van der Waals surface area (Å²) in [4.78, 5) is 0. The van der Waals surface area contributed by atoms with Crippen molar-refractivity contribution < 1.29 is 4.74 Å². The second-order valence-electron chi connectivity index (χ2n) is 6.08. The maximum Gasteiger partial charge on any atom is 0.0615 e. The van der Waals surface area contributed by atoms with Gasteiger partial charge in [-0.05, 0) is 30.6 Å². The van der Waals surface area contributed by atoms with Crippen LogP contribution in [0.4, 0.5) is 0 Å². The lowest BCUT2D eigenvalue weighted by Gasteiger charge is -2.26. The van der Waals surface area contributed by atoms with Crippen LogP contribution in [0, 0.1) is 17.3 Å². The van der Waals surface area contributed by atoms with E-state index in [-0.39, 0.29) is 0 Å². The molecule has 1 saturated heterocycles. The summed E-state index contributed by atoms with van der Waals surface area (Å²) in [6.45, 7) is 13.7. The lowest BCUT2D eigenvalue weighted by molar-refractivity contribution is 0.0157. The lowest BCUT2D eigenvalue weighted by atomic mass is 9.80. The van der Waals surface area contributed by atoms with Crippen LogP contribution < -0.4 is 0 Å². The first-order valence-electron chi connectivity index (χ1n) is 6.00. The third-order valence-corrected chi connectivity index (χ3v) is 3.57. The summed E-state index contributed by atoms with van der Waals surface area (Å²) in [5.74, 6) is 1.50. The highest BCUT2D eigenvalue weighted by Gasteiger charge is 2.39.